The van der Waals surface area contributed by atoms with E-state index in [1.54, 1.807) is 6.08 Å². The van der Waals surface area contributed by atoms with Crippen LogP contribution in [0.3, 0.4) is 0 Å². The zero-order valence-electron chi connectivity index (χ0n) is 16.8. The molecule has 3 unspecified atom stereocenters. The molecular weight excluding hydrogens is 325 g/mol. The number of nitrogens with zero attached hydrogens (tertiary/aromatic N) is 1. The normalized spacial score (nSPS) is 44.3. The molecular formula is C23H38FNO. The Hall–Kier alpha value is -0.690. The highest BCUT2D eigenvalue weighted by atomic mass is 19.1. The molecule has 3 rings (SSSR count). The monoisotopic (exact) mass is 363 g/mol. The molecule has 2 nitrogen and oxygen atoms in total. The van der Waals surface area contributed by atoms with Crippen molar-refractivity contribution in [3.63, 3.8) is 0 Å². The lowest BCUT2D eigenvalue weighted by atomic mass is 9.64. The van der Waals surface area contributed by atoms with Crippen molar-refractivity contribution >= 4 is 6.08 Å². The van der Waals surface area contributed by atoms with Crippen LogP contribution in [0, 0.1) is 35.5 Å². The van der Waals surface area contributed by atoms with Gasteiger partial charge in [-0.2, -0.15) is 4.99 Å². The van der Waals surface area contributed by atoms with Gasteiger partial charge in [-0.05, 0) is 86.9 Å². The molecule has 0 N–H and O–H groups in total. The van der Waals surface area contributed by atoms with Crippen LogP contribution in [0.15, 0.2) is 4.99 Å². The lowest BCUT2D eigenvalue weighted by molar-refractivity contribution is 0.0618. The molecule has 3 aliphatic rings. The quantitative estimate of drug-likeness (QED) is 0.405. The Labute approximate surface area is 159 Å². The molecule has 148 valence electrons. The lowest BCUT2D eigenvalue weighted by Crippen LogP contribution is -2.39. The Kier molecular flexibility index (Phi) is 7.32. The molecule has 0 amide bonds. The molecule has 3 saturated carbocycles. The maximum Gasteiger partial charge on any atom is 0.235 e. The van der Waals surface area contributed by atoms with Gasteiger partial charge in [0, 0.05) is 0 Å². The number of rotatable bonds is 5. The third kappa shape index (κ3) is 4.77. The van der Waals surface area contributed by atoms with Crippen molar-refractivity contribution in [1.82, 2.24) is 0 Å². The Morgan fingerprint density at radius 3 is 1.92 bits per heavy atom. The summed E-state index contributed by atoms with van der Waals surface area (Å²) in [5, 5.41) is 0. The predicted molar refractivity (Wildman–Crippen MR) is 104 cm³/mol. The molecule has 0 aromatic rings. The van der Waals surface area contributed by atoms with Gasteiger partial charge in [0.15, 0.2) is 0 Å². The van der Waals surface area contributed by atoms with Gasteiger partial charge in [-0.1, -0.05) is 39.5 Å². The first-order chi connectivity index (χ1) is 12.6. The molecule has 0 heterocycles. The minimum absolute atomic E-state index is 0.178. The first kappa shape index (κ1) is 20.1. The second kappa shape index (κ2) is 9.49. The summed E-state index contributed by atoms with van der Waals surface area (Å²) >= 11 is 0. The van der Waals surface area contributed by atoms with Crippen LogP contribution >= 0.6 is 0 Å². The molecule has 26 heavy (non-hydrogen) atoms. The standard InChI is InChI=1S/C23H38FNO/c1-3-4-17-5-7-18(8-6-17)19-9-11-20(12-10-19)21-13-16(2)23(25-15-26)22(24)14-21/h16-23H,3-14H2,1-2H3/t16?,17?,18?,19?,20?,21-,22?,23?/m0/s1. The molecule has 0 radical (unpaired) electrons. The first-order valence-electron chi connectivity index (χ1n) is 11.3. The number of isocyanates is 1. The van der Waals surface area contributed by atoms with Crippen molar-refractivity contribution < 1.29 is 9.18 Å². The number of hydrogen-bond donors (Lipinski definition) is 0. The molecule has 4 atom stereocenters. The molecule has 0 saturated heterocycles. The van der Waals surface area contributed by atoms with E-state index >= 15 is 0 Å². The number of halogens is 1. The molecule has 0 spiro atoms. The first-order valence-corrected chi connectivity index (χ1v) is 11.3. The van der Waals surface area contributed by atoms with Gasteiger partial charge in [0.25, 0.3) is 0 Å². The molecule has 0 bridgehead atoms. The zero-order chi connectivity index (χ0) is 18.5. The third-order valence-corrected chi connectivity index (χ3v) is 8.10. The van der Waals surface area contributed by atoms with E-state index < -0.39 is 12.2 Å². The fraction of sp³-hybridized carbons (Fsp3) is 0.957. The van der Waals surface area contributed by atoms with E-state index in [1.165, 1.54) is 64.2 Å². The summed E-state index contributed by atoms with van der Waals surface area (Å²) in [5.74, 6) is 4.28. The summed E-state index contributed by atoms with van der Waals surface area (Å²) in [6.07, 6.45) is 16.2. The summed E-state index contributed by atoms with van der Waals surface area (Å²) in [6.45, 7) is 4.37. The summed E-state index contributed by atoms with van der Waals surface area (Å²) in [7, 11) is 0. The second-order valence-electron chi connectivity index (χ2n) is 9.68. The van der Waals surface area contributed by atoms with E-state index in [0.717, 1.165) is 24.2 Å². The highest BCUT2D eigenvalue weighted by Gasteiger charge is 2.40. The zero-order valence-corrected chi connectivity index (χ0v) is 16.8. The van der Waals surface area contributed by atoms with Gasteiger partial charge in [-0.3, -0.25) is 0 Å². The third-order valence-electron chi connectivity index (χ3n) is 8.10. The van der Waals surface area contributed by atoms with Crippen LogP contribution < -0.4 is 0 Å². The summed E-state index contributed by atoms with van der Waals surface area (Å²) in [5.41, 5.74) is 0. The Morgan fingerprint density at radius 2 is 1.42 bits per heavy atom. The van der Waals surface area contributed by atoms with Crippen molar-refractivity contribution in [2.45, 2.75) is 103 Å². The van der Waals surface area contributed by atoms with Crippen molar-refractivity contribution in [3.05, 3.63) is 0 Å². The maximum atomic E-state index is 14.5. The fourth-order valence-corrected chi connectivity index (χ4v) is 6.60. The van der Waals surface area contributed by atoms with Crippen LogP contribution in [0.25, 0.3) is 0 Å². The fourth-order valence-electron chi connectivity index (χ4n) is 6.60. The van der Waals surface area contributed by atoms with E-state index in [-0.39, 0.29) is 5.92 Å². The van der Waals surface area contributed by atoms with E-state index in [1.807, 2.05) is 0 Å². The summed E-state index contributed by atoms with van der Waals surface area (Å²) < 4.78 is 14.5. The van der Waals surface area contributed by atoms with Crippen LogP contribution in [0.4, 0.5) is 4.39 Å². The summed E-state index contributed by atoms with van der Waals surface area (Å²) in [6, 6.07) is -0.446. The molecule has 3 heteroatoms. The smallest absolute Gasteiger partial charge is 0.235 e. The average Bonchev–Trinajstić information content (AvgIpc) is 2.66. The van der Waals surface area contributed by atoms with Crippen LogP contribution in [-0.4, -0.2) is 18.3 Å². The second-order valence-corrected chi connectivity index (χ2v) is 9.68. The Bertz CT molecular complexity index is 461. The minimum Gasteiger partial charge on any atom is -0.245 e. The van der Waals surface area contributed by atoms with E-state index in [4.69, 9.17) is 0 Å². The molecule has 3 fully saturated rings. The van der Waals surface area contributed by atoms with Gasteiger partial charge in [0.05, 0.1) is 6.04 Å². The van der Waals surface area contributed by atoms with Crippen LogP contribution in [0.2, 0.25) is 0 Å². The maximum absolute atomic E-state index is 14.5. The Morgan fingerprint density at radius 1 is 0.885 bits per heavy atom. The van der Waals surface area contributed by atoms with Crippen LogP contribution in [0.1, 0.15) is 90.9 Å². The predicted octanol–water partition coefficient (Wildman–Crippen LogP) is 6.49. The van der Waals surface area contributed by atoms with E-state index in [0.29, 0.717) is 18.3 Å². The molecule has 3 aliphatic carbocycles. The van der Waals surface area contributed by atoms with Crippen molar-refractivity contribution in [2.24, 2.45) is 40.5 Å². The highest BCUT2D eigenvalue weighted by molar-refractivity contribution is 5.34. The number of alkyl halides is 1. The van der Waals surface area contributed by atoms with Gasteiger partial charge >= 0.3 is 0 Å². The van der Waals surface area contributed by atoms with E-state index in [9.17, 15) is 9.18 Å². The lowest BCUT2D eigenvalue weighted by Gasteiger charge is -2.43. The SMILES string of the molecule is CCCC1CCC(C2CCC([C@H]3CC(C)C(N=C=O)C(F)C3)CC2)CC1. The molecule has 0 aromatic carbocycles. The van der Waals surface area contributed by atoms with Crippen molar-refractivity contribution in [2.75, 3.05) is 0 Å². The average molecular weight is 364 g/mol. The van der Waals surface area contributed by atoms with Gasteiger partial charge in [-0.15, -0.1) is 0 Å². The largest absolute Gasteiger partial charge is 0.245 e. The van der Waals surface area contributed by atoms with Gasteiger partial charge < -0.3 is 0 Å². The molecule has 0 aliphatic heterocycles. The topological polar surface area (TPSA) is 29.4 Å². The molecule has 0 aromatic heterocycles. The van der Waals surface area contributed by atoms with Gasteiger partial charge in [0.2, 0.25) is 6.08 Å². The summed E-state index contributed by atoms with van der Waals surface area (Å²) in [4.78, 5) is 14.3. The van der Waals surface area contributed by atoms with Gasteiger partial charge in [-0.25, -0.2) is 9.18 Å². The van der Waals surface area contributed by atoms with Gasteiger partial charge in [0.1, 0.15) is 6.17 Å². The number of aliphatic imine (C=N–C) groups is 1. The van der Waals surface area contributed by atoms with Crippen LogP contribution in [-0.2, 0) is 4.79 Å². The van der Waals surface area contributed by atoms with Crippen LogP contribution in [0.5, 0.6) is 0 Å². The van der Waals surface area contributed by atoms with Crippen molar-refractivity contribution in [1.29, 1.82) is 0 Å². The Balaban J connectivity index is 1.45. The number of hydrogen-bond acceptors (Lipinski definition) is 2. The minimum atomic E-state index is -0.947. The number of carbonyl (C=O) groups excluding carboxylic acids is 1. The van der Waals surface area contributed by atoms with E-state index in [2.05, 4.69) is 18.8 Å². The van der Waals surface area contributed by atoms with Crippen molar-refractivity contribution in [3.8, 4) is 0 Å². The highest BCUT2D eigenvalue weighted by Crippen LogP contribution is 2.47.